The molecule has 2 atom stereocenters. The predicted molar refractivity (Wildman–Crippen MR) is 71.8 cm³/mol. The molecule has 108 valence electrons. The third kappa shape index (κ3) is 2.52. The van der Waals surface area contributed by atoms with E-state index in [1.165, 1.54) is 0 Å². The summed E-state index contributed by atoms with van der Waals surface area (Å²) in [7, 11) is 0. The molecule has 2 fully saturated rings. The quantitative estimate of drug-likeness (QED) is 0.809. The molecule has 6 heteroatoms. The van der Waals surface area contributed by atoms with Gasteiger partial charge >= 0.3 is 0 Å². The first kappa shape index (κ1) is 13.8. The van der Waals surface area contributed by atoms with E-state index in [-0.39, 0.29) is 22.5 Å². The highest BCUT2D eigenvalue weighted by atomic mass is 35.5. The van der Waals surface area contributed by atoms with Crippen LogP contribution >= 0.6 is 11.6 Å². The lowest BCUT2D eigenvalue weighted by Crippen LogP contribution is -2.39. The van der Waals surface area contributed by atoms with Crippen molar-refractivity contribution in [1.29, 1.82) is 0 Å². The predicted octanol–water partition coefficient (Wildman–Crippen LogP) is 2.58. The van der Waals surface area contributed by atoms with Gasteiger partial charge in [0.05, 0.1) is 10.6 Å². The van der Waals surface area contributed by atoms with Gasteiger partial charge in [-0.3, -0.25) is 4.79 Å². The van der Waals surface area contributed by atoms with E-state index in [0.29, 0.717) is 19.1 Å². The summed E-state index contributed by atoms with van der Waals surface area (Å²) >= 11 is 5.87. The Labute approximate surface area is 120 Å². The Morgan fingerprint density at radius 1 is 1.20 bits per heavy atom. The number of nitrogens with zero attached hydrogens (tertiary/aromatic N) is 1. The number of fused-ring (bicyclic) bond motifs is 2. The second-order valence-corrected chi connectivity index (χ2v) is 5.83. The molecule has 20 heavy (non-hydrogen) atoms. The van der Waals surface area contributed by atoms with Crippen LogP contribution in [0.5, 0.6) is 0 Å². The molecule has 0 saturated carbocycles. The third-order valence-corrected chi connectivity index (χ3v) is 4.36. The number of rotatable bonds is 1. The zero-order valence-electron chi connectivity index (χ0n) is 10.8. The van der Waals surface area contributed by atoms with Crippen LogP contribution in [0.2, 0.25) is 5.02 Å². The molecule has 1 amide bonds. The minimum atomic E-state index is -1.05. The van der Waals surface area contributed by atoms with Crippen LogP contribution in [0.1, 0.15) is 29.6 Å². The zero-order valence-corrected chi connectivity index (χ0v) is 11.6. The van der Waals surface area contributed by atoms with Crippen LogP contribution in [0.3, 0.4) is 0 Å². The second kappa shape index (κ2) is 5.30. The fourth-order valence-corrected chi connectivity index (χ4v) is 3.22. The summed E-state index contributed by atoms with van der Waals surface area (Å²) in [5, 5.41) is 3.42. The van der Waals surface area contributed by atoms with Crippen molar-refractivity contribution >= 4 is 17.5 Å². The molecule has 0 unspecified atom stereocenters. The molecular formula is C14H15ClF2N2O. The lowest BCUT2D eigenvalue weighted by Gasteiger charge is -2.24. The highest BCUT2D eigenvalue weighted by molar-refractivity contribution is 6.33. The molecule has 2 bridgehead atoms. The van der Waals surface area contributed by atoms with E-state index in [1.54, 1.807) is 4.90 Å². The van der Waals surface area contributed by atoms with Crippen molar-refractivity contribution in [1.82, 2.24) is 10.2 Å². The summed E-state index contributed by atoms with van der Waals surface area (Å²) < 4.78 is 26.4. The summed E-state index contributed by atoms with van der Waals surface area (Å²) in [6, 6.07) is 2.48. The van der Waals surface area contributed by atoms with Crippen molar-refractivity contribution in [3.63, 3.8) is 0 Å². The van der Waals surface area contributed by atoms with Gasteiger partial charge in [0.15, 0.2) is 11.6 Å². The minimum absolute atomic E-state index is 0.0309. The molecule has 0 radical (unpaired) electrons. The van der Waals surface area contributed by atoms with Gasteiger partial charge in [-0.2, -0.15) is 0 Å². The number of carbonyl (C=O) groups is 1. The van der Waals surface area contributed by atoms with Gasteiger partial charge < -0.3 is 10.2 Å². The molecular weight excluding hydrogens is 286 g/mol. The highest BCUT2D eigenvalue weighted by Gasteiger charge is 2.32. The number of likely N-dealkylation sites (tertiary alicyclic amines) is 1. The van der Waals surface area contributed by atoms with Crippen molar-refractivity contribution in [3.05, 3.63) is 34.4 Å². The Kier molecular flexibility index (Phi) is 3.65. The lowest BCUT2D eigenvalue weighted by atomic mass is 10.1. The Morgan fingerprint density at radius 3 is 2.70 bits per heavy atom. The normalized spacial score (nSPS) is 25.6. The first-order chi connectivity index (χ1) is 9.54. The van der Waals surface area contributed by atoms with E-state index in [9.17, 15) is 13.6 Å². The van der Waals surface area contributed by atoms with E-state index >= 15 is 0 Å². The zero-order chi connectivity index (χ0) is 14.3. The topological polar surface area (TPSA) is 32.3 Å². The molecule has 1 N–H and O–H groups in total. The van der Waals surface area contributed by atoms with Crippen LogP contribution in [0.15, 0.2) is 12.1 Å². The number of halogens is 3. The molecule has 0 aromatic heterocycles. The minimum Gasteiger partial charge on any atom is -0.337 e. The fourth-order valence-electron chi connectivity index (χ4n) is 2.98. The monoisotopic (exact) mass is 300 g/mol. The van der Waals surface area contributed by atoms with Crippen LogP contribution in [-0.2, 0) is 0 Å². The van der Waals surface area contributed by atoms with E-state index in [4.69, 9.17) is 11.6 Å². The van der Waals surface area contributed by atoms with E-state index < -0.39 is 11.6 Å². The molecule has 2 aliphatic rings. The summed E-state index contributed by atoms with van der Waals surface area (Å²) in [4.78, 5) is 14.1. The molecule has 1 aromatic carbocycles. The van der Waals surface area contributed by atoms with Crippen LogP contribution in [-0.4, -0.2) is 36.0 Å². The van der Waals surface area contributed by atoms with Gasteiger partial charge in [-0.05, 0) is 31.4 Å². The molecule has 0 aliphatic carbocycles. The number of nitrogens with one attached hydrogen (secondary N) is 1. The second-order valence-electron chi connectivity index (χ2n) is 5.42. The summed E-state index contributed by atoms with van der Waals surface area (Å²) in [6.07, 6.45) is 3.06. The molecule has 2 aliphatic heterocycles. The maximum atomic E-state index is 13.3. The van der Waals surface area contributed by atoms with Gasteiger partial charge in [0.2, 0.25) is 0 Å². The average Bonchev–Trinajstić information content (AvgIpc) is 2.73. The van der Waals surface area contributed by atoms with Crippen molar-refractivity contribution < 1.29 is 13.6 Å². The molecule has 0 spiro atoms. The highest BCUT2D eigenvalue weighted by Crippen LogP contribution is 2.25. The van der Waals surface area contributed by atoms with E-state index in [2.05, 4.69) is 5.32 Å². The van der Waals surface area contributed by atoms with Gasteiger partial charge in [-0.1, -0.05) is 11.6 Å². The molecule has 2 heterocycles. The number of hydrogen-bond acceptors (Lipinski definition) is 2. The Morgan fingerprint density at radius 2 is 1.90 bits per heavy atom. The first-order valence-electron chi connectivity index (χ1n) is 6.74. The average molecular weight is 301 g/mol. The van der Waals surface area contributed by atoms with Gasteiger partial charge in [-0.25, -0.2) is 8.78 Å². The molecule has 3 nitrogen and oxygen atoms in total. The summed E-state index contributed by atoms with van der Waals surface area (Å²) in [6.45, 7) is 1.20. The summed E-state index contributed by atoms with van der Waals surface area (Å²) in [5.74, 6) is -2.42. The maximum absolute atomic E-state index is 13.3. The number of benzene rings is 1. The van der Waals surface area contributed by atoms with Crippen LogP contribution in [0.25, 0.3) is 0 Å². The van der Waals surface area contributed by atoms with Crippen molar-refractivity contribution in [3.8, 4) is 0 Å². The van der Waals surface area contributed by atoms with Crippen LogP contribution < -0.4 is 5.32 Å². The number of amides is 1. The smallest absolute Gasteiger partial charge is 0.255 e. The third-order valence-electron chi connectivity index (χ3n) is 4.05. The summed E-state index contributed by atoms with van der Waals surface area (Å²) in [5.41, 5.74) is 0.0309. The van der Waals surface area contributed by atoms with E-state index in [1.807, 2.05) is 0 Å². The SMILES string of the molecule is O=C(c1cc(F)c(F)cc1Cl)N1CC[C@H]2CC[C@@H](C1)N2. The maximum Gasteiger partial charge on any atom is 0.255 e. The molecule has 3 rings (SSSR count). The number of carbonyl (C=O) groups excluding carboxylic acids is 1. The molecule has 2 saturated heterocycles. The first-order valence-corrected chi connectivity index (χ1v) is 7.12. The van der Waals surface area contributed by atoms with Crippen molar-refractivity contribution in [2.24, 2.45) is 0 Å². The van der Waals surface area contributed by atoms with Gasteiger partial charge in [0.25, 0.3) is 5.91 Å². The Bertz CT molecular complexity index is 552. The largest absolute Gasteiger partial charge is 0.337 e. The Balaban J connectivity index is 1.83. The van der Waals surface area contributed by atoms with Crippen molar-refractivity contribution in [2.75, 3.05) is 13.1 Å². The van der Waals surface area contributed by atoms with Gasteiger partial charge in [0, 0.05) is 25.2 Å². The van der Waals surface area contributed by atoms with Crippen LogP contribution in [0.4, 0.5) is 8.78 Å². The van der Waals surface area contributed by atoms with Crippen LogP contribution in [0, 0.1) is 11.6 Å². The lowest BCUT2D eigenvalue weighted by molar-refractivity contribution is 0.0747. The molecule has 1 aromatic rings. The number of hydrogen-bond donors (Lipinski definition) is 1. The fraction of sp³-hybridized carbons (Fsp3) is 0.500. The van der Waals surface area contributed by atoms with Gasteiger partial charge in [-0.15, -0.1) is 0 Å². The van der Waals surface area contributed by atoms with Crippen molar-refractivity contribution in [2.45, 2.75) is 31.3 Å². The Hall–Kier alpha value is -1.20. The van der Waals surface area contributed by atoms with E-state index in [0.717, 1.165) is 31.4 Å². The van der Waals surface area contributed by atoms with Gasteiger partial charge in [0.1, 0.15) is 0 Å². The standard InChI is InChI=1S/C14H15ClF2N2O/c15-11-6-13(17)12(16)5-10(11)14(20)19-4-3-8-1-2-9(7-19)18-8/h5-6,8-9,18H,1-4,7H2/t8-,9+/m1/s1.